The molecule has 0 aliphatic heterocycles. The van der Waals surface area contributed by atoms with Crippen molar-refractivity contribution in [2.24, 2.45) is 0 Å². The van der Waals surface area contributed by atoms with Crippen LogP contribution in [0.2, 0.25) is 0 Å². The number of para-hydroxylation sites is 1. The second-order valence-electron chi connectivity index (χ2n) is 2.89. The lowest BCUT2D eigenvalue weighted by molar-refractivity contribution is 0.281. The number of ether oxygens (including phenoxy) is 2. The maximum atomic E-state index is 11.3. The normalized spacial score (nSPS) is 11.2. The average Bonchev–Trinajstić information content (AvgIpc) is 2.19. The predicted molar refractivity (Wildman–Crippen MR) is 61.8 cm³/mol. The summed E-state index contributed by atoms with van der Waals surface area (Å²) in [6.07, 6.45) is 0. The molecule has 16 heavy (non-hydrogen) atoms. The van der Waals surface area contributed by atoms with Gasteiger partial charge in [-0.05, 0) is 26.0 Å². The standard InChI is InChI=1S/C10H13ClO4S/c1-3-14-8-6-5-7-9(16(11,12)13)10(8)15-4-2/h5-7H,3-4H2,1-2H3. The first kappa shape index (κ1) is 13.1. The molecular weight excluding hydrogens is 252 g/mol. The number of hydrogen-bond donors (Lipinski definition) is 0. The molecule has 0 radical (unpaired) electrons. The summed E-state index contributed by atoms with van der Waals surface area (Å²) in [6.45, 7) is 4.32. The molecule has 0 aromatic heterocycles. The third-order valence-corrected chi connectivity index (χ3v) is 3.14. The Hall–Kier alpha value is -0.940. The van der Waals surface area contributed by atoms with Crippen LogP contribution >= 0.6 is 10.7 Å². The van der Waals surface area contributed by atoms with Crippen LogP contribution in [0.3, 0.4) is 0 Å². The van der Waals surface area contributed by atoms with Crippen molar-refractivity contribution in [3.8, 4) is 11.5 Å². The summed E-state index contributed by atoms with van der Waals surface area (Å²) >= 11 is 0. The Kier molecular flexibility index (Phi) is 4.44. The molecular formula is C10H13ClO4S. The van der Waals surface area contributed by atoms with Gasteiger partial charge in [-0.25, -0.2) is 8.42 Å². The second kappa shape index (κ2) is 5.41. The van der Waals surface area contributed by atoms with Crippen LogP contribution in [0.5, 0.6) is 11.5 Å². The molecule has 0 aliphatic carbocycles. The van der Waals surface area contributed by atoms with Gasteiger partial charge < -0.3 is 9.47 Å². The smallest absolute Gasteiger partial charge is 0.265 e. The minimum Gasteiger partial charge on any atom is -0.490 e. The van der Waals surface area contributed by atoms with Crippen molar-refractivity contribution in [1.82, 2.24) is 0 Å². The largest absolute Gasteiger partial charge is 0.490 e. The number of hydrogen-bond acceptors (Lipinski definition) is 4. The first-order chi connectivity index (χ1) is 7.50. The van der Waals surface area contributed by atoms with E-state index in [1.807, 2.05) is 0 Å². The highest BCUT2D eigenvalue weighted by Gasteiger charge is 2.20. The molecule has 1 aromatic rings. The minimum absolute atomic E-state index is 0.0676. The summed E-state index contributed by atoms with van der Waals surface area (Å²) in [5.74, 6) is 0.549. The van der Waals surface area contributed by atoms with E-state index in [0.29, 0.717) is 19.0 Å². The summed E-state index contributed by atoms with van der Waals surface area (Å²) in [4.78, 5) is -0.0676. The zero-order valence-corrected chi connectivity index (χ0v) is 10.6. The summed E-state index contributed by atoms with van der Waals surface area (Å²) in [6, 6.07) is 4.58. The SMILES string of the molecule is CCOc1cccc(S(=O)(=O)Cl)c1OCC. The maximum absolute atomic E-state index is 11.3. The van der Waals surface area contributed by atoms with Gasteiger partial charge in [0.05, 0.1) is 13.2 Å². The molecule has 0 unspecified atom stereocenters. The van der Waals surface area contributed by atoms with Gasteiger partial charge in [-0.3, -0.25) is 0 Å². The summed E-state index contributed by atoms with van der Waals surface area (Å²) < 4.78 is 33.2. The van der Waals surface area contributed by atoms with Crippen molar-refractivity contribution in [3.05, 3.63) is 18.2 Å². The Morgan fingerprint density at radius 2 is 1.81 bits per heavy atom. The first-order valence-corrected chi connectivity index (χ1v) is 7.14. The zero-order valence-electron chi connectivity index (χ0n) is 9.07. The highest BCUT2D eigenvalue weighted by molar-refractivity contribution is 8.13. The molecule has 0 heterocycles. The monoisotopic (exact) mass is 264 g/mol. The Morgan fingerprint density at radius 3 is 2.31 bits per heavy atom. The molecule has 0 N–H and O–H groups in total. The van der Waals surface area contributed by atoms with Gasteiger partial charge >= 0.3 is 0 Å². The Morgan fingerprint density at radius 1 is 1.19 bits per heavy atom. The number of halogens is 1. The maximum Gasteiger partial charge on any atom is 0.265 e. The minimum atomic E-state index is -3.83. The van der Waals surface area contributed by atoms with Crippen molar-refractivity contribution in [2.45, 2.75) is 18.7 Å². The lowest BCUT2D eigenvalue weighted by atomic mass is 10.3. The van der Waals surface area contributed by atoms with E-state index in [0.717, 1.165) is 0 Å². The lowest BCUT2D eigenvalue weighted by Crippen LogP contribution is -2.03. The molecule has 0 saturated carbocycles. The molecule has 0 amide bonds. The van der Waals surface area contributed by atoms with Gasteiger partial charge in [-0.2, -0.15) is 0 Å². The molecule has 0 saturated heterocycles. The molecule has 1 aromatic carbocycles. The van der Waals surface area contributed by atoms with E-state index in [4.69, 9.17) is 20.2 Å². The van der Waals surface area contributed by atoms with E-state index in [-0.39, 0.29) is 10.6 Å². The van der Waals surface area contributed by atoms with Crippen LogP contribution in [0, 0.1) is 0 Å². The zero-order chi connectivity index (χ0) is 12.2. The highest BCUT2D eigenvalue weighted by Crippen LogP contribution is 2.35. The predicted octanol–water partition coefficient (Wildman–Crippen LogP) is 2.41. The summed E-state index contributed by atoms with van der Waals surface area (Å²) in [5, 5.41) is 0. The Bertz CT molecular complexity index is 456. The van der Waals surface area contributed by atoms with Crippen LogP contribution in [0.15, 0.2) is 23.1 Å². The van der Waals surface area contributed by atoms with E-state index in [9.17, 15) is 8.42 Å². The van der Waals surface area contributed by atoms with Gasteiger partial charge in [-0.1, -0.05) is 6.07 Å². The molecule has 0 fully saturated rings. The highest BCUT2D eigenvalue weighted by atomic mass is 35.7. The fraction of sp³-hybridized carbons (Fsp3) is 0.400. The van der Waals surface area contributed by atoms with Crippen LogP contribution in [0.4, 0.5) is 0 Å². The van der Waals surface area contributed by atoms with Gasteiger partial charge in [0.25, 0.3) is 9.05 Å². The summed E-state index contributed by atoms with van der Waals surface area (Å²) in [5.41, 5.74) is 0. The van der Waals surface area contributed by atoms with Gasteiger partial charge in [-0.15, -0.1) is 0 Å². The van der Waals surface area contributed by atoms with E-state index in [1.54, 1.807) is 26.0 Å². The fourth-order valence-corrected chi connectivity index (χ4v) is 2.23. The Labute approximate surface area is 99.6 Å². The van der Waals surface area contributed by atoms with Crippen molar-refractivity contribution < 1.29 is 17.9 Å². The van der Waals surface area contributed by atoms with E-state index in [1.165, 1.54) is 6.07 Å². The van der Waals surface area contributed by atoms with Crippen molar-refractivity contribution in [2.75, 3.05) is 13.2 Å². The molecule has 6 heteroatoms. The number of benzene rings is 1. The molecule has 0 spiro atoms. The third-order valence-electron chi connectivity index (χ3n) is 1.79. The quantitative estimate of drug-likeness (QED) is 0.767. The Balaban J connectivity index is 3.32. The molecule has 0 bridgehead atoms. The van der Waals surface area contributed by atoms with E-state index < -0.39 is 9.05 Å². The van der Waals surface area contributed by atoms with Crippen LogP contribution < -0.4 is 9.47 Å². The van der Waals surface area contributed by atoms with Crippen LogP contribution in [0.1, 0.15) is 13.8 Å². The van der Waals surface area contributed by atoms with Crippen molar-refractivity contribution in [3.63, 3.8) is 0 Å². The molecule has 0 atom stereocenters. The van der Waals surface area contributed by atoms with Gasteiger partial charge in [0.15, 0.2) is 11.5 Å². The first-order valence-electron chi connectivity index (χ1n) is 4.84. The molecule has 0 aliphatic rings. The van der Waals surface area contributed by atoms with Gasteiger partial charge in [0.2, 0.25) is 0 Å². The molecule has 1 rings (SSSR count). The van der Waals surface area contributed by atoms with Crippen LogP contribution in [-0.4, -0.2) is 21.6 Å². The third kappa shape index (κ3) is 3.02. The number of rotatable bonds is 5. The van der Waals surface area contributed by atoms with Crippen molar-refractivity contribution in [1.29, 1.82) is 0 Å². The van der Waals surface area contributed by atoms with Crippen LogP contribution in [0.25, 0.3) is 0 Å². The van der Waals surface area contributed by atoms with E-state index >= 15 is 0 Å². The fourth-order valence-electron chi connectivity index (χ4n) is 1.24. The van der Waals surface area contributed by atoms with Crippen molar-refractivity contribution >= 4 is 19.7 Å². The van der Waals surface area contributed by atoms with Gasteiger partial charge in [0.1, 0.15) is 4.90 Å². The second-order valence-corrected chi connectivity index (χ2v) is 5.42. The van der Waals surface area contributed by atoms with Crippen LogP contribution in [-0.2, 0) is 9.05 Å². The van der Waals surface area contributed by atoms with E-state index in [2.05, 4.69) is 0 Å². The molecule has 4 nitrogen and oxygen atoms in total. The van der Waals surface area contributed by atoms with Gasteiger partial charge in [0, 0.05) is 10.7 Å². The molecule has 90 valence electrons. The lowest BCUT2D eigenvalue weighted by Gasteiger charge is -2.12. The summed E-state index contributed by atoms with van der Waals surface area (Å²) in [7, 11) is 1.48. The average molecular weight is 265 g/mol. The topological polar surface area (TPSA) is 52.6 Å².